The Morgan fingerprint density at radius 1 is 1.00 bits per heavy atom. The van der Waals surface area contributed by atoms with Gasteiger partial charge in [0, 0.05) is 12.2 Å². The fourth-order valence-corrected chi connectivity index (χ4v) is 3.21. The largest absolute Gasteiger partial charge is 0.385 e. The van der Waals surface area contributed by atoms with Crippen molar-refractivity contribution >= 4 is 30.5 Å². The van der Waals surface area contributed by atoms with Crippen LogP contribution in [0.4, 0.5) is 5.69 Å². The van der Waals surface area contributed by atoms with Crippen LogP contribution in [-0.4, -0.2) is 31.1 Å². The lowest BCUT2D eigenvalue weighted by Gasteiger charge is -2.18. The molecule has 0 spiro atoms. The molecular formula is C18H32Cl2N2. The van der Waals surface area contributed by atoms with Crippen LogP contribution in [0.2, 0.25) is 0 Å². The molecule has 0 aliphatic heterocycles. The third kappa shape index (κ3) is 6.76. The Balaban J connectivity index is 0.00000220. The van der Waals surface area contributed by atoms with E-state index >= 15 is 0 Å². The second-order valence-electron chi connectivity index (χ2n) is 5.91. The Labute approximate surface area is 148 Å². The maximum atomic E-state index is 3.54. The van der Waals surface area contributed by atoms with E-state index in [0.717, 1.165) is 25.6 Å². The number of halogens is 2. The van der Waals surface area contributed by atoms with Gasteiger partial charge < -0.3 is 10.2 Å². The van der Waals surface area contributed by atoms with Crippen molar-refractivity contribution in [3.8, 4) is 0 Å². The molecule has 1 aromatic carbocycles. The predicted molar refractivity (Wildman–Crippen MR) is 103 cm³/mol. The Bertz CT molecular complexity index is 371. The third-order valence-corrected chi connectivity index (χ3v) is 4.61. The molecule has 0 amide bonds. The second-order valence-corrected chi connectivity index (χ2v) is 5.91. The summed E-state index contributed by atoms with van der Waals surface area (Å²) < 4.78 is 0. The van der Waals surface area contributed by atoms with Gasteiger partial charge in [0.15, 0.2) is 0 Å². The van der Waals surface area contributed by atoms with Crippen molar-refractivity contribution in [2.75, 3.05) is 31.5 Å². The van der Waals surface area contributed by atoms with E-state index in [1.165, 1.54) is 49.9 Å². The molecule has 4 heteroatoms. The van der Waals surface area contributed by atoms with Gasteiger partial charge in [-0.3, -0.25) is 0 Å². The van der Waals surface area contributed by atoms with Gasteiger partial charge in [-0.15, -0.1) is 24.8 Å². The Morgan fingerprint density at radius 2 is 1.59 bits per heavy atom. The minimum absolute atomic E-state index is 0. The zero-order valence-electron chi connectivity index (χ0n) is 14.0. The number of benzene rings is 1. The molecule has 1 aliphatic rings. The van der Waals surface area contributed by atoms with Gasteiger partial charge in [0.05, 0.1) is 0 Å². The van der Waals surface area contributed by atoms with Gasteiger partial charge in [-0.25, -0.2) is 0 Å². The van der Waals surface area contributed by atoms with Crippen molar-refractivity contribution in [2.45, 2.75) is 51.9 Å². The predicted octanol–water partition coefficient (Wildman–Crippen LogP) is 5.33. The Morgan fingerprint density at radius 3 is 2.14 bits per heavy atom. The lowest BCUT2D eigenvalue weighted by atomic mass is 9.98. The summed E-state index contributed by atoms with van der Waals surface area (Å²) in [6.07, 6.45) is 6.81. The highest BCUT2D eigenvalue weighted by Crippen LogP contribution is 2.34. The molecule has 0 radical (unpaired) electrons. The van der Waals surface area contributed by atoms with Crippen LogP contribution in [0.5, 0.6) is 0 Å². The number of nitrogens with one attached hydrogen (secondary N) is 1. The highest BCUT2D eigenvalue weighted by Gasteiger charge is 2.16. The summed E-state index contributed by atoms with van der Waals surface area (Å²) in [5.74, 6) is 0.826. The molecule has 22 heavy (non-hydrogen) atoms. The molecular weight excluding hydrogens is 315 g/mol. The maximum Gasteiger partial charge on any atom is 0.0340 e. The first-order chi connectivity index (χ1) is 9.83. The minimum atomic E-state index is 0. The summed E-state index contributed by atoms with van der Waals surface area (Å²) in [6.45, 7) is 9.05. The topological polar surface area (TPSA) is 15.3 Å². The van der Waals surface area contributed by atoms with Gasteiger partial charge in [0.2, 0.25) is 0 Å². The molecule has 128 valence electrons. The summed E-state index contributed by atoms with van der Waals surface area (Å²) in [5, 5.41) is 3.54. The summed E-state index contributed by atoms with van der Waals surface area (Å²) in [7, 11) is 0. The smallest absolute Gasteiger partial charge is 0.0340 e. The molecule has 0 bridgehead atoms. The highest BCUT2D eigenvalue weighted by atomic mass is 35.5. The van der Waals surface area contributed by atoms with E-state index in [1.807, 2.05) is 0 Å². The maximum absolute atomic E-state index is 3.54. The molecule has 0 atom stereocenters. The van der Waals surface area contributed by atoms with Gasteiger partial charge in [-0.2, -0.15) is 0 Å². The first kappa shape index (κ1) is 21.6. The fourth-order valence-electron chi connectivity index (χ4n) is 3.21. The molecule has 1 N–H and O–H groups in total. The van der Waals surface area contributed by atoms with Gasteiger partial charge >= 0.3 is 0 Å². The van der Waals surface area contributed by atoms with E-state index < -0.39 is 0 Å². The van der Waals surface area contributed by atoms with Crippen molar-refractivity contribution in [1.29, 1.82) is 0 Å². The molecule has 1 fully saturated rings. The van der Waals surface area contributed by atoms with E-state index in [9.17, 15) is 0 Å². The first-order valence-corrected chi connectivity index (χ1v) is 8.39. The van der Waals surface area contributed by atoms with Crippen LogP contribution in [0.15, 0.2) is 24.3 Å². The van der Waals surface area contributed by atoms with Crippen molar-refractivity contribution in [3.05, 3.63) is 29.8 Å². The molecule has 2 nitrogen and oxygen atoms in total. The number of rotatable bonds is 8. The van der Waals surface area contributed by atoms with Gasteiger partial charge in [-0.05, 0) is 62.5 Å². The molecule has 1 saturated carbocycles. The second kappa shape index (κ2) is 12.0. The summed E-state index contributed by atoms with van der Waals surface area (Å²) in [4.78, 5) is 2.48. The third-order valence-electron chi connectivity index (χ3n) is 4.61. The van der Waals surface area contributed by atoms with Gasteiger partial charge in [0.25, 0.3) is 0 Å². The number of hydrogen-bond donors (Lipinski definition) is 1. The molecule has 0 heterocycles. The van der Waals surface area contributed by atoms with Crippen LogP contribution in [0.25, 0.3) is 0 Å². The zero-order chi connectivity index (χ0) is 14.2. The van der Waals surface area contributed by atoms with Crippen LogP contribution in [-0.2, 0) is 0 Å². The lowest BCUT2D eigenvalue weighted by Crippen LogP contribution is -2.25. The normalized spacial score (nSPS) is 14.5. The molecule has 1 aliphatic carbocycles. The average Bonchev–Trinajstić information content (AvgIpc) is 3.02. The Hall–Kier alpha value is -0.440. The van der Waals surface area contributed by atoms with Crippen molar-refractivity contribution in [3.63, 3.8) is 0 Å². The lowest BCUT2D eigenvalue weighted by molar-refractivity contribution is 0.303. The van der Waals surface area contributed by atoms with E-state index in [0.29, 0.717) is 0 Å². The average molecular weight is 347 g/mol. The van der Waals surface area contributed by atoms with Crippen LogP contribution in [0.1, 0.15) is 57.4 Å². The summed E-state index contributed by atoms with van der Waals surface area (Å²) in [5.41, 5.74) is 2.81. The fraction of sp³-hybridized carbons (Fsp3) is 0.667. The quantitative estimate of drug-likeness (QED) is 0.639. The van der Waals surface area contributed by atoms with E-state index in [1.54, 1.807) is 0 Å². The van der Waals surface area contributed by atoms with E-state index in [2.05, 4.69) is 48.3 Å². The van der Waals surface area contributed by atoms with E-state index in [-0.39, 0.29) is 24.8 Å². The Kier molecular flexibility index (Phi) is 11.8. The van der Waals surface area contributed by atoms with Gasteiger partial charge in [-0.1, -0.05) is 38.8 Å². The highest BCUT2D eigenvalue weighted by molar-refractivity contribution is 5.85. The SMILES string of the molecule is CCN(CC)CCCNc1ccc(C2CCCC2)cc1.Cl.Cl. The number of hydrogen-bond acceptors (Lipinski definition) is 2. The minimum Gasteiger partial charge on any atom is -0.385 e. The van der Waals surface area contributed by atoms with Crippen molar-refractivity contribution in [1.82, 2.24) is 4.90 Å². The molecule has 0 saturated heterocycles. The standard InChI is InChI=1S/C18H30N2.2ClH/c1-3-20(4-2)15-7-14-19-18-12-10-17(11-13-18)16-8-5-6-9-16;;/h10-13,16,19H,3-9,14-15H2,1-2H3;2*1H. The van der Waals surface area contributed by atoms with Crippen molar-refractivity contribution < 1.29 is 0 Å². The van der Waals surface area contributed by atoms with Crippen LogP contribution in [0, 0.1) is 0 Å². The molecule has 0 unspecified atom stereocenters. The number of nitrogens with zero attached hydrogens (tertiary/aromatic N) is 1. The summed E-state index contributed by atoms with van der Waals surface area (Å²) >= 11 is 0. The molecule has 1 aromatic rings. The van der Waals surface area contributed by atoms with E-state index in [4.69, 9.17) is 0 Å². The van der Waals surface area contributed by atoms with Crippen molar-refractivity contribution in [2.24, 2.45) is 0 Å². The van der Waals surface area contributed by atoms with Gasteiger partial charge in [0.1, 0.15) is 0 Å². The summed E-state index contributed by atoms with van der Waals surface area (Å²) in [6, 6.07) is 9.15. The van der Waals surface area contributed by atoms with Crippen LogP contribution >= 0.6 is 24.8 Å². The molecule has 2 rings (SSSR count). The van der Waals surface area contributed by atoms with Crippen LogP contribution in [0.3, 0.4) is 0 Å². The molecule has 0 aromatic heterocycles. The first-order valence-electron chi connectivity index (χ1n) is 8.39. The monoisotopic (exact) mass is 346 g/mol. The van der Waals surface area contributed by atoms with Crippen LogP contribution < -0.4 is 5.32 Å². The number of anilines is 1. The zero-order valence-corrected chi connectivity index (χ0v) is 15.6.